The molecule has 3 N–H and O–H groups in total. The fraction of sp³-hybridized carbons (Fsp3) is 0.385. The number of thiocarbonyl (C=S) groups is 1. The van der Waals surface area contributed by atoms with Crippen molar-refractivity contribution in [1.29, 1.82) is 0 Å². The van der Waals surface area contributed by atoms with Gasteiger partial charge in [0.15, 0.2) is 0 Å². The summed E-state index contributed by atoms with van der Waals surface area (Å²) in [5, 5.41) is 1.82. The molecule has 0 aliphatic heterocycles. The lowest BCUT2D eigenvalue weighted by Gasteiger charge is -2.17. The minimum atomic E-state index is -4.40. The minimum absolute atomic E-state index is 0.132. The highest BCUT2D eigenvalue weighted by atomic mass is 32.1. The Labute approximate surface area is 126 Å². The molecule has 0 saturated carbocycles. The number of hydrogen-bond donors (Lipinski definition) is 2. The molecule has 1 amide bonds. The summed E-state index contributed by atoms with van der Waals surface area (Å²) in [4.78, 5) is 13.2. The Balaban J connectivity index is 2.50. The second-order valence-electron chi connectivity index (χ2n) is 4.63. The number of nitrogens with zero attached hydrogens (tertiary/aromatic N) is 1. The van der Waals surface area contributed by atoms with Gasteiger partial charge in [-0.2, -0.15) is 13.2 Å². The van der Waals surface area contributed by atoms with Crippen LogP contribution in [0.5, 0.6) is 0 Å². The Morgan fingerprint density at radius 3 is 2.67 bits per heavy atom. The summed E-state index contributed by atoms with van der Waals surface area (Å²) in [5.41, 5.74) is 7.09. The zero-order chi connectivity index (χ0) is 16.0. The lowest BCUT2D eigenvalue weighted by molar-refractivity contribution is -0.138. The third kappa shape index (κ3) is 7.05. The highest BCUT2D eigenvalue weighted by Gasteiger charge is 2.27. The average molecular weight is 319 g/mol. The van der Waals surface area contributed by atoms with E-state index < -0.39 is 18.6 Å². The zero-order valence-corrected chi connectivity index (χ0v) is 12.2. The number of nitrogens with two attached hydrogens (primary N) is 1. The smallest absolute Gasteiger partial charge is 0.389 e. The molecule has 0 saturated heterocycles. The molecule has 1 rings (SSSR count). The van der Waals surface area contributed by atoms with Gasteiger partial charge in [0.05, 0.1) is 6.54 Å². The van der Waals surface area contributed by atoms with Crippen LogP contribution in [0.15, 0.2) is 24.3 Å². The van der Waals surface area contributed by atoms with Gasteiger partial charge >= 0.3 is 6.18 Å². The first-order valence-electron chi connectivity index (χ1n) is 6.08. The lowest BCUT2D eigenvalue weighted by atomic mass is 10.1. The summed E-state index contributed by atoms with van der Waals surface area (Å²) in [6, 6.07) is 7.15. The summed E-state index contributed by atoms with van der Waals surface area (Å²) in [6.07, 6.45) is -4.40. The van der Waals surface area contributed by atoms with Crippen LogP contribution < -0.4 is 11.1 Å². The number of nitrogens with one attached hydrogen (secondary N) is 1. The van der Waals surface area contributed by atoms with E-state index in [0.29, 0.717) is 12.1 Å². The van der Waals surface area contributed by atoms with Crippen molar-refractivity contribution in [2.45, 2.75) is 12.7 Å². The van der Waals surface area contributed by atoms with Gasteiger partial charge in [0.1, 0.15) is 11.5 Å². The van der Waals surface area contributed by atoms with Gasteiger partial charge in [0.25, 0.3) is 0 Å². The number of likely N-dealkylation sites (N-methyl/N-ethyl adjacent to an activating group) is 1. The van der Waals surface area contributed by atoms with Crippen molar-refractivity contribution in [3.8, 4) is 0 Å². The molecule has 21 heavy (non-hydrogen) atoms. The van der Waals surface area contributed by atoms with Gasteiger partial charge < -0.3 is 11.1 Å². The summed E-state index contributed by atoms with van der Waals surface area (Å²) in [5.74, 6) is -0.680. The van der Waals surface area contributed by atoms with Crippen LogP contribution in [0.4, 0.5) is 13.2 Å². The van der Waals surface area contributed by atoms with E-state index in [0.717, 1.165) is 5.56 Å². The molecule has 116 valence electrons. The lowest BCUT2D eigenvalue weighted by Crippen LogP contribution is -2.39. The predicted octanol–water partition coefficient (Wildman–Crippen LogP) is 1.43. The van der Waals surface area contributed by atoms with E-state index in [9.17, 15) is 18.0 Å². The Kier molecular flexibility index (Phi) is 6.10. The van der Waals surface area contributed by atoms with E-state index in [1.807, 2.05) is 11.4 Å². The molecule has 0 spiro atoms. The van der Waals surface area contributed by atoms with Crippen LogP contribution in [0, 0.1) is 0 Å². The number of carbonyl (C=O) groups is 1. The van der Waals surface area contributed by atoms with E-state index in [1.165, 1.54) is 0 Å². The standard InChI is InChI=1S/C13H16F3N3OS/c1-19(7-11(20)18-8-13(14,15)16)6-9-3-2-4-10(5-9)12(17)21/h2-5H,6-8H2,1H3,(H2,17,21)(H,18,20). The van der Waals surface area contributed by atoms with Gasteiger partial charge in [-0.15, -0.1) is 0 Å². The Bertz CT molecular complexity index is 520. The Morgan fingerprint density at radius 2 is 2.10 bits per heavy atom. The highest BCUT2D eigenvalue weighted by Crippen LogP contribution is 2.12. The summed E-state index contributed by atoms with van der Waals surface area (Å²) in [7, 11) is 1.64. The van der Waals surface area contributed by atoms with Crippen molar-refractivity contribution in [3.63, 3.8) is 0 Å². The van der Waals surface area contributed by atoms with Crippen molar-refractivity contribution in [2.24, 2.45) is 5.73 Å². The van der Waals surface area contributed by atoms with Crippen LogP contribution in [0.25, 0.3) is 0 Å². The molecule has 1 aromatic carbocycles. The molecule has 0 aliphatic rings. The number of carbonyl (C=O) groups excluding carboxylic acids is 1. The molecule has 0 fully saturated rings. The topological polar surface area (TPSA) is 58.4 Å². The molecule has 0 atom stereocenters. The van der Waals surface area contributed by atoms with E-state index >= 15 is 0 Å². The second-order valence-corrected chi connectivity index (χ2v) is 5.07. The number of halogens is 3. The first kappa shape index (κ1) is 17.4. The van der Waals surface area contributed by atoms with Gasteiger partial charge in [-0.25, -0.2) is 0 Å². The molecule has 4 nitrogen and oxygen atoms in total. The molecule has 0 unspecified atom stereocenters. The quantitative estimate of drug-likeness (QED) is 0.779. The highest BCUT2D eigenvalue weighted by molar-refractivity contribution is 7.80. The number of benzene rings is 1. The Morgan fingerprint density at radius 1 is 1.43 bits per heavy atom. The molecule has 8 heteroatoms. The van der Waals surface area contributed by atoms with E-state index in [4.69, 9.17) is 18.0 Å². The fourth-order valence-corrected chi connectivity index (χ4v) is 1.82. The van der Waals surface area contributed by atoms with Gasteiger partial charge in [-0.3, -0.25) is 9.69 Å². The first-order chi connectivity index (χ1) is 9.67. The third-order valence-corrected chi connectivity index (χ3v) is 2.80. The monoisotopic (exact) mass is 319 g/mol. The maximum atomic E-state index is 12.0. The van der Waals surface area contributed by atoms with E-state index in [1.54, 1.807) is 30.1 Å². The first-order valence-corrected chi connectivity index (χ1v) is 6.49. The van der Waals surface area contributed by atoms with Crippen LogP contribution in [-0.4, -0.2) is 42.1 Å². The largest absolute Gasteiger partial charge is 0.405 e. The van der Waals surface area contributed by atoms with Crippen molar-refractivity contribution >= 4 is 23.1 Å². The molecule has 0 bridgehead atoms. The number of amides is 1. The molecular formula is C13H16F3N3OS. The maximum absolute atomic E-state index is 12.0. The van der Waals surface area contributed by atoms with Crippen molar-refractivity contribution in [2.75, 3.05) is 20.1 Å². The molecule has 0 aliphatic carbocycles. The van der Waals surface area contributed by atoms with Crippen LogP contribution >= 0.6 is 12.2 Å². The number of rotatable bonds is 6. The molecule has 0 radical (unpaired) electrons. The van der Waals surface area contributed by atoms with Crippen molar-refractivity contribution in [1.82, 2.24) is 10.2 Å². The summed E-state index contributed by atoms with van der Waals surface area (Å²) in [6.45, 7) is -1.06. The molecular weight excluding hydrogens is 303 g/mol. The van der Waals surface area contributed by atoms with Gasteiger partial charge in [-0.05, 0) is 18.7 Å². The third-order valence-electron chi connectivity index (χ3n) is 2.56. The van der Waals surface area contributed by atoms with E-state index in [-0.39, 0.29) is 11.5 Å². The normalized spacial score (nSPS) is 11.5. The number of alkyl halides is 3. The molecule has 0 heterocycles. The summed E-state index contributed by atoms with van der Waals surface area (Å²) < 4.78 is 35.9. The average Bonchev–Trinajstić information content (AvgIpc) is 2.35. The molecule has 0 aromatic heterocycles. The van der Waals surface area contributed by atoms with Gasteiger partial charge in [-0.1, -0.05) is 30.4 Å². The van der Waals surface area contributed by atoms with Crippen LogP contribution in [0.3, 0.4) is 0 Å². The molecule has 1 aromatic rings. The second kappa shape index (κ2) is 7.37. The van der Waals surface area contributed by atoms with Gasteiger partial charge in [0.2, 0.25) is 5.91 Å². The number of hydrogen-bond acceptors (Lipinski definition) is 3. The van der Waals surface area contributed by atoms with Crippen LogP contribution in [0.2, 0.25) is 0 Å². The van der Waals surface area contributed by atoms with E-state index in [2.05, 4.69) is 0 Å². The zero-order valence-electron chi connectivity index (χ0n) is 11.4. The Hall–Kier alpha value is -1.67. The SMILES string of the molecule is CN(CC(=O)NCC(F)(F)F)Cc1cccc(C(N)=S)c1. The minimum Gasteiger partial charge on any atom is -0.389 e. The maximum Gasteiger partial charge on any atom is 0.405 e. The van der Waals surface area contributed by atoms with Crippen molar-refractivity contribution in [3.05, 3.63) is 35.4 Å². The summed E-state index contributed by atoms with van der Waals surface area (Å²) >= 11 is 4.87. The van der Waals surface area contributed by atoms with Crippen molar-refractivity contribution < 1.29 is 18.0 Å². The fourth-order valence-electron chi connectivity index (χ4n) is 1.69. The van der Waals surface area contributed by atoms with Crippen LogP contribution in [-0.2, 0) is 11.3 Å². The predicted molar refractivity (Wildman–Crippen MR) is 77.7 cm³/mol. The van der Waals surface area contributed by atoms with Crippen LogP contribution in [0.1, 0.15) is 11.1 Å². The van der Waals surface area contributed by atoms with Gasteiger partial charge in [0, 0.05) is 12.1 Å².